The van der Waals surface area contributed by atoms with Gasteiger partial charge in [-0.3, -0.25) is 14.5 Å². The molecule has 2 aromatic rings. The normalized spacial score (nSPS) is 28.0. The molecule has 0 unspecified atom stereocenters. The van der Waals surface area contributed by atoms with Crippen LogP contribution in [0.15, 0.2) is 52.1 Å². The number of benzene rings is 1. The van der Waals surface area contributed by atoms with E-state index >= 15 is 4.39 Å². The van der Waals surface area contributed by atoms with Gasteiger partial charge >= 0.3 is 0 Å². The molecule has 5 atom stereocenters. The average Bonchev–Trinajstić information content (AvgIpc) is 3.68. The van der Waals surface area contributed by atoms with E-state index in [4.69, 9.17) is 28.2 Å². The topological polar surface area (TPSA) is 92.6 Å². The van der Waals surface area contributed by atoms with Crippen LogP contribution in [0.2, 0.25) is 10.2 Å². The van der Waals surface area contributed by atoms with Crippen LogP contribution in [-0.4, -0.2) is 97.6 Å². The van der Waals surface area contributed by atoms with E-state index in [1.807, 2.05) is 38.7 Å². The zero-order chi connectivity index (χ0) is 33.8. The van der Waals surface area contributed by atoms with Crippen molar-refractivity contribution in [2.75, 3.05) is 32.8 Å². The number of fused-ring (bicyclic) bond motifs is 1. The quantitative estimate of drug-likeness (QED) is 0.372. The Hall–Kier alpha value is -2.70. The fourth-order valence-corrected chi connectivity index (χ4v) is 9.12. The van der Waals surface area contributed by atoms with E-state index in [-0.39, 0.29) is 41.4 Å². The number of hydrogen-bond acceptors (Lipinski definition) is 8. The van der Waals surface area contributed by atoms with Crippen molar-refractivity contribution in [3.8, 4) is 0 Å². The number of amides is 2. The van der Waals surface area contributed by atoms with E-state index in [2.05, 4.69) is 21.7 Å². The highest BCUT2D eigenvalue weighted by atomic mass is 35.5. The third-order valence-electron chi connectivity index (χ3n) is 9.97. The van der Waals surface area contributed by atoms with Crippen molar-refractivity contribution < 1.29 is 19.1 Å². The summed E-state index contributed by atoms with van der Waals surface area (Å²) in [5, 5.41) is 10.4. The number of aliphatic hydroxyl groups excluding tert-OH is 1. The lowest BCUT2D eigenvalue weighted by Crippen LogP contribution is -2.58. The monoisotopic (exact) mass is 702 g/mol. The molecule has 0 radical (unpaired) electrons. The predicted octanol–water partition coefficient (Wildman–Crippen LogP) is 5.67. The number of nitrogens with zero attached hydrogens (tertiary/aromatic N) is 6. The first kappa shape index (κ1) is 34.2. The number of likely N-dealkylation sites (tertiary alicyclic amines) is 1. The smallest absolute Gasteiger partial charge is 0.263 e. The summed E-state index contributed by atoms with van der Waals surface area (Å²) in [5.74, 6) is -0.830. The van der Waals surface area contributed by atoms with Crippen LogP contribution in [0.4, 0.5) is 4.39 Å². The van der Waals surface area contributed by atoms with Crippen LogP contribution in [0.3, 0.4) is 0 Å². The lowest BCUT2D eigenvalue weighted by Gasteiger charge is -2.41. The highest BCUT2D eigenvalue weighted by Crippen LogP contribution is 2.56. The Labute approximate surface area is 289 Å². The zero-order valence-electron chi connectivity index (χ0n) is 27.3. The summed E-state index contributed by atoms with van der Waals surface area (Å²) in [4.78, 5) is 46.7. The number of halogens is 3. The Morgan fingerprint density at radius 1 is 1.13 bits per heavy atom. The fraction of sp³-hybridized carbons (Fsp3) is 0.529. The number of rotatable bonds is 7. The molecular formula is C34H41Cl2FN6O3S. The number of amidine groups is 1. The first-order chi connectivity index (χ1) is 22.3. The van der Waals surface area contributed by atoms with Crippen molar-refractivity contribution in [2.45, 2.75) is 77.2 Å². The Balaban J connectivity index is 1.36. The molecule has 9 nitrogen and oxygen atoms in total. The molecule has 252 valence electrons. The van der Waals surface area contributed by atoms with Crippen molar-refractivity contribution in [1.82, 2.24) is 24.6 Å². The summed E-state index contributed by atoms with van der Waals surface area (Å²) < 4.78 is 15.0. The summed E-state index contributed by atoms with van der Waals surface area (Å²) in [6, 6.07) is 7.32. The molecule has 1 N–H and O–H groups in total. The van der Waals surface area contributed by atoms with Gasteiger partial charge in [-0.1, -0.05) is 49.2 Å². The number of allylic oxidation sites excluding steroid dienone is 1. The second-order valence-electron chi connectivity index (χ2n) is 13.4. The number of carbonyl (C=O) groups excluding carboxylic acids is 2. The maximum absolute atomic E-state index is 15.0. The first-order valence-electron chi connectivity index (χ1n) is 16.2. The van der Waals surface area contributed by atoms with Crippen molar-refractivity contribution in [3.63, 3.8) is 0 Å². The minimum Gasteiger partial charge on any atom is -0.395 e. The number of thioether (sulfide) groups is 1. The molecule has 13 heteroatoms. The molecule has 4 aliphatic rings. The average molecular weight is 704 g/mol. The zero-order valence-corrected chi connectivity index (χ0v) is 29.6. The van der Waals surface area contributed by atoms with Crippen LogP contribution >= 0.6 is 35.0 Å². The van der Waals surface area contributed by atoms with Crippen LogP contribution in [0, 0.1) is 11.7 Å². The predicted molar refractivity (Wildman–Crippen MR) is 184 cm³/mol. The third kappa shape index (κ3) is 6.07. The van der Waals surface area contributed by atoms with E-state index in [1.54, 1.807) is 29.3 Å². The molecule has 2 fully saturated rings. The summed E-state index contributed by atoms with van der Waals surface area (Å²) in [5.41, 5.74) is 1.37. The lowest BCUT2D eigenvalue weighted by atomic mass is 9.81. The van der Waals surface area contributed by atoms with Crippen molar-refractivity contribution in [2.24, 2.45) is 10.9 Å². The molecule has 0 spiro atoms. The number of aromatic nitrogens is 1. The van der Waals surface area contributed by atoms with Gasteiger partial charge in [-0.25, -0.2) is 14.4 Å². The van der Waals surface area contributed by atoms with Crippen LogP contribution < -0.4 is 0 Å². The molecule has 2 saturated heterocycles. The van der Waals surface area contributed by atoms with E-state index in [1.165, 1.54) is 17.8 Å². The van der Waals surface area contributed by atoms with E-state index in [0.29, 0.717) is 53.4 Å². The minimum absolute atomic E-state index is 0.0249. The van der Waals surface area contributed by atoms with Gasteiger partial charge in [0.2, 0.25) is 5.91 Å². The molecule has 47 heavy (non-hydrogen) atoms. The molecule has 6 rings (SSSR count). The Morgan fingerprint density at radius 2 is 1.89 bits per heavy atom. The van der Waals surface area contributed by atoms with Gasteiger partial charge in [-0.2, -0.15) is 0 Å². The molecule has 0 bridgehead atoms. The number of aliphatic hydroxyl groups is 1. The first-order valence-corrected chi connectivity index (χ1v) is 17.8. The molecule has 5 heterocycles. The van der Waals surface area contributed by atoms with Gasteiger partial charge in [-0.15, -0.1) is 0 Å². The standard InChI is InChI=1S/C34H41Cl2FN6O3S/c1-19(2)28-29(32(46)42-20(3)6-10-26(42)31(45)41-13-12-40(14-15-44)21(4)18-41)47-33-39-34(5,23-8-11-27(36)38-17-23)30(43(28)33)22-7-9-24(35)25(37)16-22/h7-9,11,16-17,19-21,26,30,44H,6,10,12-15,18H2,1-5H3/t20-,21-,26-,30-,34+/m1/s1. The number of pyridine rings is 1. The van der Waals surface area contributed by atoms with Crippen LogP contribution in [0.5, 0.6) is 0 Å². The fourth-order valence-electron chi connectivity index (χ4n) is 7.54. The van der Waals surface area contributed by atoms with Crippen molar-refractivity contribution >= 4 is 51.9 Å². The Bertz CT molecular complexity index is 1620. The highest BCUT2D eigenvalue weighted by molar-refractivity contribution is 8.18. The second kappa shape index (κ2) is 13.3. The minimum atomic E-state index is -0.886. The number of hydrogen-bond donors (Lipinski definition) is 1. The molecule has 2 amide bonds. The maximum atomic E-state index is 15.0. The van der Waals surface area contributed by atoms with E-state index in [0.717, 1.165) is 17.7 Å². The van der Waals surface area contributed by atoms with Gasteiger partial charge in [0.05, 0.1) is 17.7 Å². The largest absolute Gasteiger partial charge is 0.395 e. The number of piperazine rings is 1. The second-order valence-corrected chi connectivity index (χ2v) is 15.1. The van der Waals surface area contributed by atoms with E-state index < -0.39 is 23.4 Å². The number of aliphatic imine (C=N–C) groups is 1. The van der Waals surface area contributed by atoms with Gasteiger partial charge in [0.1, 0.15) is 27.5 Å². The summed E-state index contributed by atoms with van der Waals surface area (Å²) in [7, 11) is 0. The maximum Gasteiger partial charge on any atom is 0.263 e. The summed E-state index contributed by atoms with van der Waals surface area (Å²) in [6.45, 7) is 12.6. The highest BCUT2D eigenvalue weighted by Gasteiger charge is 2.54. The van der Waals surface area contributed by atoms with Gasteiger partial charge in [0.25, 0.3) is 5.91 Å². The SMILES string of the molecule is CC(C)C1=C(C(=O)N2[C@H](C)CC[C@@H]2C(=O)N2CCN(CCO)[C@H](C)C2)SC2=N[C@@](C)(c3ccc(Cl)nc3)[C@@H](c3ccc(Cl)c(F)c3)N21. The molecule has 1 aromatic carbocycles. The van der Waals surface area contributed by atoms with E-state index in [9.17, 15) is 14.7 Å². The molecule has 4 aliphatic heterocycles. The lowest BCUT2D eigenvalue weighted by molar-refractivity contribution is -0.145. The molecule has 1 aromatic heterocycles. The summed E-state index contributed by atoms with van der Waals surface area (Å²) in [6.07, 6.45) is 3.02. The Morgan fingerprint density at radius 3 is 2.53 bits per heavy atom. The van der Waals surface area contributed by atoms with Crippen molar-refractivity contribution in [1.29, 1.82) is 0 Å². The van der Waals surface area contributed by atoms with Crippen LogP contribution in [0.25, 0.3) is 0 Å². The van der Waals surface area contributed by atoms with Gasteiger partial charge < -0.3 is 19.8 Å². The number of carbonyl (C=O) groups is 2. The third-order valence-corrected chi connectivity index (χ3v) is 11.6. The Kier molecular flexibility index (Phi) is 9.68. The van der Waals surface area contributed by atoms with Gasteiger partial charge in [-0.05, 0) is 75.1 Å². The van der Waals surface area contributed by atoms with Gasteiger partial charge in [0.15, 0.2) is 5.17 Å². The van der Waals surface area contributed by atoms with Crippen LogP contribution in [0.1, 0.15) is 64.6 Å². The summed E-state index contributed by atoms with van der Waals surface area (Å²) >= 11 is 13.6. The number of β-amino-alcohol motifs (C(OH)–C–C–N with tert-alkyl or cyclic N) is 1. The van der Waals surface area contributed by atoms with Gasteiger partial charge in [0, 0.05) is 55.7 Å². The van der Waals surface area contributed by atoms with Crippen molar-refractivity contribution in [3.05, 3.63) is 74.3 Å². The molecular weight excluding hydrogens is 662 g/mol. The molecule has 0 aliphatic carbocycles. The van der Waals surface area contributed by atoms with Crippen LogP contribution in [-0.2, 0) is 15.1 Å². The molecule has 0 saturated carbocycles.